The van der Waals surface area contributed by atoms with Gasteiger partial charge in [0.05, 0.1) is 17.8 Å². The summed E-state index contributed by atoms with van der Waals surface area (Å²) in [7, 11) is 2.13. The van der Waals surface area contributed by atoms with E-state index >= 15 is 0 Å². The number of para-hydroxylation sites is 1. The minimum absolute atomic E-state index is 0.0938. The fourth-order valence-corrected chi connectivity index (χ4v) is 6.54. The van der Waals surface area contributed by atoms with Gasteiger partial charge in [-0.25, -0.2) is 0 Å². The van der Waals surface area contributed by atoms with Crippen molar-refractivity contribution in [3.8, 4) is 6.01 Å². The molecule has 40 heavy (non-hydrogen) atoms. The van der Waals surface area contributed by atoms with E-state index in [4.69, 9.17) is 14.7 Å². The van der Waals surface area contributed by atoms with Crippen molar-refractivity contribution in [2.75, 3.05) is 56.1 Å². The van der Waals surface area contributed by atoms with Crippen LogP contribution in [0.1, 0.15) is 42.5 Å². The zero-order valence-corrected chi connectivity index (χ0v) is 22.8. The van der Waals surface area contributed by atoms with Crippen molar-refractivity contribution in [2.24, 2.45) is 0 Å². The minimum Gasteiger partial charge on any atom is -0.455 e. The molecule has 0 bridgehead atoms. The molecule has 6 rings (SSSR count). The quantitative estimate of drug-likeness (QED) is 0.500. The molecule has 0 spiro atoms. The van der Waals surface area contributed by atoms with Crippen LogP contribution in [0.3, 0.4) is 0 Å². The molecule has 1 aliphatic carbocycles. The van der Waals surface area contributed by atoms with Crippen LogP contribution in [0.25, 0.3) is 0 Å². The zero-order valence-electron chi connectivity index (χ0n) is 22.8. The molecule has 1 aromatic heterocycles. The molecular formula is C29H35F3N6O2. The van der Waals surface area contributed by atoms with E-state index in [1.165, 1.54) is 18.2 Å². The van der Waals surface area contributed by atoms with E-state index in [-0.39, 0.29) is 23.7 Å². The summed E-state index contributed by atoms with van der Waals surface area (Å²) in [6.45, 7) is 7.56. The van der Waals surface area contributed by atoms with Gasteiger partial charge in [-0.05, 0) is 63.9 Å². The third-order valence-corrected chi connectivity index (χ3v) is 8.80. The Labute approximate surface area is 232 Å². The number of amides is 1. The number of halogens is 3. The Bertz CT molecular complexity index is 1290. The van der Waals surface area contributed by atoms with Gasteiger partial charge < -0.3 is 19.4 Å². The Morgan fingerprint density at radius 2 is 1.82 bits per heavy atom. The number of piperazine rings is 1. The highest BCUT2D eigenvalue weighted by Crippen LogP contribution is 2.48. The van der Waals surface area contributed by atoms with Crippen LogP contribution < -0.4 is 14.5 Å². The maximum absolute atomic E-state index is 13.8. The molecular weight excluding hydrogens is 521 g/mol. The lowest BCUT2D eigenvalue weighted by molar-refractivity contribution is -0.137. The van der Waals surface area contributed by atoms with Crippen LogP contribution in [-0.4, -0.2) is 83.6 Å². The van der Waals surface area contributed by atoms with Gasteiger partial charge in [0.2, 0.25) is 5.91 Å². The van der Waals surface area contributed by atoms with E-state index in [9.17, 15) is 18.0 Å². The molecule has 3 aliphatic heterocycles. The summed E-state index contributed by atoms with van der Waals surface area (Å²) >= 11 is 0. The number of alkyl halides is 3. The predicted octanol–water partition coefficient (Wildman–Crippen LogP) is 3.90. The van der Waals surface area contributed by atoms with Crippen LogP contribution in [0, 0.1) is 0 Å². The molecule has 8 nitrogen and oxygen atoms in total. The van der Waals surface area contributed by atoms with Crippen molar-refractivity contribution in [1.82, 2.24) is 19.8 Å². The average Bonchev–Trinajstić information content (AvgIpc) is 3.59. The molecule has 0 radical (unpaired) electrons. The van der Waals surface area contributed by atoms with Gasteiger partial charge in [-0.15, -0.1) is 0 Å². The van der Waals surface area contributed by atoms with Gasteiger partial charge in [-0.1, -0.05) is 18.7 Å². The molecule has 1 aromatic carbocycles. The molecule has 11 heteroatoms. The van der Waals surface area contributed by atoms with Gasteiger partial charge in [0.15, 0.2) is 0 Å². The number of benzene rings is 1. The maximum Gasteiger partial charge on any atom is 0.418 e. The third kappa shape index (κ3) is 5.00. The van der Waals surface area contributed by atoms with Gasteiger partial charge in [0.1, 0.15) is 11.4 Å². The molecule has 1 unspecified atom stereocenters. The lowest BCUT2D eigenvalue weighted by atomic mass is 10.0. The van der Waals surface area contributed by atoms with Crippen molar-refractivity contribution in [3.63, 3.8) is 0 Å². The Balaban J connectivity index is 1.33. The first-order valence-electron chi connectivity index (χ1n) is 14.0. The van der Waals surface area contributed by atoms with Crippen LogP contribution in [-0.2, 0) is 23.9 Å². The van der Waals surface area contributed by atoms with Crippen LogP contribution >= 0.6 is 0 Å². The first-order valence-corrected chi connectivity index (χ1v) is 14.0. The van der Waals surface area contributed by atoms with E-state index < -0.39 is 11.7 Å². The lowest BCUT2D eigenvalue weighted by Gasteiger charge is -2.38. The fraction of sp³-hybridized carbons (Fsp3) is 0.552. The van der Waals surface area contributed by atoms with E-state index in [2.05, 4.69) is 23.4 Å². The predicted molar refractivity (Wildman–Crippen MR) is 145 cm³/mol. The summed E-state index contributed by atoms with van der Waals surface area (Å²) in [5.74, 6) is 0.675. The first-order chi connectivity index (χ1) is 19.2. The highest BCUT2D eigenvalue weighted by molar-refractivity contribution is 5.87. The SMILES string of the molecule is C=CC(=O)N1CCN(c2nc(OC3(C4CCCN4C)CC3)nc3c2CCN(c2ccccc2C(F)(F)F)C3)CC1. The number of fused-ring (bicyclic) bond motifs is 1. The summed E-state index contributed by atoms with van der Waals surface area (Å²) < 4.78 is 48.1. The Hall–Kier alpha value is -3.34. The van der Waals surface area contributed by atoms with Crippen LogP contribution in [0.4, 0.5) is 24.7 Å². The number of carbonyl (C=O) groups excluding carboxylic acids is 1. The van der Waals surface area contributed by atoms with E-state index in [1.807, 2.05) is 0 Å². The normalized spacial score (nSPS) is 22.7. The summed E-state index contributed by atoms with van der Waals surface area (Å²) in [5, 5.41) is 0. The fourth-order valence-electron chi connectivity index (χ4n) is 6.54. The van der Waals surface area contributed by atoms with Gasteiger partial charge in [0.25, 0.3) is 0 Å². The number of carbonyl (C=O) groups is 1. The van der Waals surface area contributed by atoms with Crippen molar-refractivity contribution >= 4 is 17.4 Å². The average molecular weight is 557 g/mol. The van der Waals surface area contributed by atoms with E-state index in [1.54, 1.807) is 15.9 Å². The Kier molecular flexibility index (Phi) is 6.88. The summed E-state index contributed by atoms with van der Waals surface area (Å²) in [5.41, 5.74) is 0.839. The van der Waals surface area contributed by atoms with E-state index in [0.29, 0.717) is 56.9 Å². The van der Waals surface area contributed by atoms with Gasteiger partial charge >= 0.3 is 12.2 Å². The number of likely N-dealkylation sites (N-methyl/N-ethyl adjacent to an activating group) is 1. The lowest BCUT2D eigenvalue weighted by Crippen LogP contribution is -2.49. The largest absolute Gasteiger partial charge is 0.455 e. The van der Waals surface area contributed by atoms with Crippen LogP contribution in [0.5, 0.6) is 6.01 Å². The molecule has 1 atom stereocenters. The second-order valence-corrected chi connectivity index (χ2v) is 11.3. The Morgan fingerprint density at radius 1 is 1.07 bits per heavy atom. The van der Waals surface area contributed by atoms with Crippen molar-refractivity contribution in [1.29, 1.82) is 0 Å². The van der Waals surface area contributed by atoms with Gasteiger partial charge in [0, 0.05) is 50.0 Å². The third-order valence-electron chi connectivity index (χ3n) is 8.80. The number of ether oxygens (including phenoxy) is 1. The number of likely N-dealkylation sites (tertiary alicyclic amines) is 1. The number of hydrogen-bond donors (Lipinski definition) is 0. The maximum atomic E-state index is 13.8. The molecule has 0 N–H and O–H groups in total. The number of aromatic nitrogens is 2. The first kappa shape index (κ1) is 26.9. The van der Waals surface area contributed by atoms with Gasteiger partial charge in [-0.2, -0.15) is 23.1 Å². The summed E-state index contributed by atoms with van der Waals surface area (Å²) in [6.07, 6.45) is 1.46. The monoisotopic (exact) mass is 556 g/mol. The second-order valence-electron chi connectivity index (χ2n) is 11.3. The molecule has 1 amide bonds. The highest BCUT2D eigenvalue weighted by Gasteiger charge is 2.55. The second kappa shape index (κ2) is 10.2. The van der Waals surface area contributed by atoms with Crippen LogP contribution in [0.15, 0.2) is 36.9 Å². The molecule has 3 fully saturated rings. The Morgan fingerprint density at radius 3 is 2.48 bits per heavy atom. The minimum atomic E-state index is -4.45. The van der Waals surface area contributed by atoms with Crippen LogP contribution in [0.2, 0.25) is 0 Å². The van der Waals surface area contributed by atoms with E-state index in [0.717, 1.165) is 49.7 Å². The van der Waals surface area contributed by atoms with Crippen molar-refractivity contribution in [2.45, 2.75) is 56.5 Å². The standard InChI is InChI=1S/C29H35F3N6O2/c1-3-25(39)36-15-17-37(18-16-36)26-20-10-14-38(23-8-5-4-7-21(23)29(30,31)32)19-22(20)33-27(34-26)40-28(11-12-28)24-9-6-13-35(24)2/h3-5,7-8,24H,1,6,9-19H2,2H3. The molecule has 2 aromatic rings. The number of rotatable bonds is 6. The molecule has 214 valence electrons. The highest BCUT2D eigenvalue weighted by atomic mass is 19.4. The topological polar surface area (TPSA) is 65.0 Å². The zero-order chi connectivity index (χ0) is 28.1. The molecule has 2 saturated heterocycles. The van der Waals surface area contributed by atoms with Crippen molar-refractivity contribution < 1.29 is 22.7 Å². The smallest absolute Gasteiger partial charge is 0.418 e. The van der Waals surface area contributed by atoms with Gasteiger partial charge in [-0.3, -0.25) is 9.69 Å². The molecule has 1 saturated carbocycles. The number of anilines is 2. The van der Waals surface area contributed by atoms with Crippen molar-refractivity contribution in [3.05, 3.63) is 53.7 Å². The summed E-state index contributed by atoms with van der Waals surface area (Å²) in [6, 6.07) is 6.31. The number of hydrogen-bond acceptors (Lipinski definition) is 7. The summed E-state index contributed by atoms with van der Waals surface area (Å²) in [4.78, 5) is 29.9. The number of nitrogens with zero attached hydrogens (tertiary/aromatic N) is 6. The molecule has 4 aliphatic rings. The molecule has 4 heterocycles.